The van der Waals surface area contributed by atoms with Crippen molar-refractivity contribution in [1.82, 2.24) is 9.78 Å². The van der Waals surface area contributed by atoms with Gasteiger partial charge < -0.3 is 15.7 Å². The van der Waals surface area contributed by atoms with Crippen molar-refractivity contribution in [2.24, 2.45) is 0 Å². The molecule has 1 fully saturated rings. The molecule has 0 unspecified atom stereocenters. The number of nitrogens with zero attached hydrogens (tertiary/aromatic N) is 3. The standard InChI is InChI=1S/C20H18F2N4O2/c21-13-5-3-12(4-6-13)18-19(25-9-1-2-10-25)17(23)20(28)26(24-18)14-7-8-15(22)16(27)11-14/h3-8,11,27H,1-2,9-10,23H2. The Morgan fingerprint density at radius 1 is 1.04 bits per heavy atom. The van der Waals surface area contributed by atoms with E-state index in [1.165, 1.54) is 18.2 Å². The largest absolute Gasteiger partial charge is 0.505 e. The molecule has 1 saturated heterocycles. The van der Waals surface area contributed by atoms with Gasteiger partial charge in [-0.15, -0.1) is 0 Å². The number of phenolic OH excluding ortho intramolecular Hbond substituents is 1. The molecular formula is C20H18F2N4O2. The first-order chi connectivity index (χ1) is 13.5. The molecule has 3 N–H and O–H groups in total. The first-order valence-electron chi connectivity index (χ1n) is 8.88. The summed E-state index contributed by atoms with van der Waals surface area (Å²) < 4.78 is 27.8. The number of anilines is 2. The molecule has 0 radical (unpaired) electrons. The lowest BCUT2D eigenvalue weighted by molar-refractivity contribution is 0.432. The molecule has 1 aliphatic heterocycles. The molecule has 2 heterocycles. The first-order valence-corrected chi connectivity index (χ1v) is 8.88. The molecule has 0 bridgehead atoms. The number of rotatable bonds is 3. The molecule has 0 aliphatic carbocycles. The molecule has 144 valence electrons. The highest BCUT2D eigenvalue weighted by Crippen LogP contribution is 2.35. The molecule has 6 nitrogen and oxygen atoms in total. The van der Waals surface area contributed by atoms with Gasteiger partial charge in [0.2, 0.25) is 0 Å². The fourth-order valence-corrected chi connectivity index (χ4v) is 3.41. The van der Waals surface area contributed by atoms with Crippen LogP contribution in [0.5, 0.6) is 5.75 Å². The minimum atomic E-state index is -0.808. The fraction of sp³-hybridized carbons (Fsp3) is 0.200. The number of hydrogen-bond acceptors (Lipinski definition) is 5. The second-order valence-corrected chi connectivity index (χ2v) is 6.66. The number of phenols is 1. The zero-order valence-corrected chi connectivity index (χ0v) is 14.9. The number of halogens is 2. The van der Waals surface area contributed by atoms with Gasteiger partial charge in [-0.1, -0.05) is 0 Å². The van der Waals surface area contributed by atoms with Crippen molar-refractivity contribution in [1.29, 1.82) is 0 Å². The van der Waals surface area contributed by atoms with Crippen LogP contribution in [0.3, 0.4) is 0 Å². The Labute approximate surface area is 159 Å². The molecule has 0 atom stereocenters. The predicted molar refractivity (Wildman–Crippen MR) is 103 cm³/mol. The van der Waals surface area contributed by atoms with Crippen molar-refractivity contribution < 1.29 is 13.9 Å². The van der Waals surface area contributed by atoms with Gasteiger partial charge >= 0.3 is 0 Å². The molecule has 8 heteroatoms. The summed E-state index contributed by atoms with van der Waals surface area (Å²) in [5.74, 6) is -1.80. The minimum Gasteiger partial charge on any atom is -0.505 e. The summed E-state index contributed by atoms with van der Waals surface area (Å²) in [6.45, 7) is 1.47. The van der Waals surface area contributed by atoms with E-state index in [1.54, 1.807) is 12.1 Å². The molecular weight excluding hydrogens is 366 g/mol. The maximum absolute atomic E-state index is 13.4. The summed E-state index contributed by atoms with van der Waals surface area (Å²) in [5, 5.41) is 14.1. The maximum Gasteiger partial charge on any atom is 0.296 e. The molecule has 28 heavy (non-hydrogen) atoms. The predicted octanol–water partition coefficient (Wildman–Crippen LogP) is 3.07. The van der Waals surface area contributed by atoms with Crippen molar-refractivity contribution in [3.63, 3.8) is 0 Å². The topological polar surface area (TPSA) is 84.4 Å². The second-order valence-electron chi connectivity index (χ2n) is 6.66. The van der Waals surface area contributed by atoms with Gasteiger partial charge in [0.1, 0.15) is 17.2 Å². The van der Waals surface area contributed by atoms with Crippen molar-refractivity contribution in [3.8, 4) is 22.7 Å². The first kappa shape index (κ1) is 18.0. The summed E-state index contributed by atoms with van der Waals surface area (Å²) in [4.78, 5) is 14.9. The Kier molecular flexibility index (Phi) is 4.46. The average Bonchev–Trinajstić information content (AvgIpc) is 3.21. The number of aromatic nitrogens is 2. The summed E-state index contributed by atoms with van der Waals surface area (Å²) in [6, 6.07) is 9.21. The Hall–Kier alpha value is -3.42. The molecule has 0 amide bonds. The van der Waals surface area contributed by atoms with Gasteiger partial charge in [0, 0.05) is 24.7 Å². The van der Waals surface area contributed by atoms with E-state index in [0.29, 0.717) is 16.9 Å². The van der Waals surface area contributed by atoms with Crippen LogP contribution < -0.4 is 16.2 Å². The summed E-state index contributed by atoms with van der Waals surface area (Å²) >= 11 is 0. The van der Waals surface area contributed by atoms with Crippen LogP contribution in [-0.2, 0) is 0 Å². The quantitative estimate of drug-likeness (QED) is 0.725. The monoisotopic (exact) mass is 384 g/mol. The van der Waals surface area contributed by atoms with Crippen LogP contribution >= 0.6 is 0 Å². The highest BCUT2D eigenvalue weighted by atomic mass is 19.1. The van der Waals surface area contributed by atoms with Gasteiger partial charge in [0.05, 0.1) is 11.4 Å². The van der Waals surface area contributed by atoms with Crippen molar-refractivity contribution in [3.05, 3.63) is 64.5 Å². The van der Waals surface area contributed by atoms with Gasteiger partial charge in [-0.05, 0) is 49.2 Å². The van der Waals surface area contributed by atoms with Crippen LogP contribution in [0.25, 0.3) is 16.9 Å². The van der Waals surface area contributed by atoms with Crippen molar-refractivity contribution >= 4 is 11.4 Å². The molecule has 1 aliphatic rings. The smallest absolute Gasteiger partial charge is 0.296 e. The zero-order chi connectivity index (χ0) is 19.8. The van der Waals surface area contributed by atoms with Crippen LogP contribution in [0.4, 0.5) is 20.2 Å². The lowest BCUT2D eigenvalue weighted by Gasteiger charge is -2.23. The normalized spacial score (nSPS) is 13.9. The van der Waals surface area contributed by atoms with E-state index in [-0.39, 0.29) is 11.4 Å². The highest BCUT2D eigenvalue weighted by molar-refractivity contribution is 5.84. The third-order valence-electron chi connectivity index (χ3n) is 4.82. The molecule has 1 aromatic heterocycles. The van der Waals surface area contributed by atoms with E-state index < -0.39 is 22.9 Å². The van der Waals surface area contributed by atoms with Crippen LogP contribution in [0.15, 0.2) is 47.3 Å². The molecule has 0 spiro atoms. The third-order valence-corrected chi connectivity index (χ3v) is 4.82. The van der Waals surface area contributed by atoms with Crippen molar-refractivity contribution in [2.45, 2.75) is 12.8 Å². The lowest BCUT2D eigenvalue weighted by atomic mass is 10.1. The summed E-state index contributed by atoms with van der Waals surface area (Å²) in [7, 11) is 0. The SMILES string of the molecule is Nc1c(N2CCCC2)c(-c2ccc(F)cc2)nn(-c2ccc(F)c(O)c2)c1=O. The van der Waals surface area contributed by atoms with E-state index in [4.69, 9.17) is 5.73 Å². The highest BCUT2D eigenvalue weighted by Gasteiger charge is 2.24. The Morgan fingerprint density at radius 2 is 1.71 bits per heavy atom. The van der Waals surface area contributed by atoms with Crippen LogP contribution in [-0.4, -0.2) is 28.0 Å². The van der Waals surface area contributed by atoms with Crippen LogP contribution in [0.2, 0.25) is 0 Å². The second kappa shape index (κ2) is 6.95. The number of aromatic hydroxyl groups is 1. The van der Waals surface area contributed by atoms with E-state index in [1.807, 2.05) is 4.90 Å². The van der Waals surface area contributed by atoms with Crippen LogP contribution in [0, 0.1) is 11.6 Å². The van der Waals surface area contributed by atoms with E-state index in [9.17, 15) is 18.7 Å². The van der Waals surface area contributed by atoms with E-state index >= 15 is 0 Å². The molecule has 3 aromatic rings. The number of benzene rings is 2. The number of nitrogen functional groups attached to an aromatic ring is 1. The Bertz CT molecular complexity index is 1090. The maximum atomic E-state index is 13.4. The third kappa shape index (κ3) is 3.06. The Morgan fingerprint density at radius 3 is 2.36 bits per heavy atom. The van der Waals surface area contributed by atoms with E-state index in [2.05, 4.69) is 5.10 Å². The summed E-state index contributed by atoms with van der Waals surface area (Å²) in [6.07, 6.45) is 1.94. The molecule has 0 saturated carbocycles. The minimum absolute atomic E-state index is 0.0000368. The van der Waals surface area contributed by atoms with Gasteiger partial charge in [0.15, 0.2) is 11.6 Å². The fourth-order valence-electron chi connectivity index (χ4n) is 3.41. The average molecular weight is 384 g/mol. The molecule has 2 aromatic carbocycles. The Balaban J connectivity index is 1.97. The lowest BCUT2D eigenvalue weighted by Crippen LogP contribution is -2.30. The van der Waals surface area contributed by atoms with Crippen molar-refractivity contribution in [2.75, 3.05) is 23.7 Å². The number of nitrogens with two attached hydrogens (primary N) is 1. The van der Waals surface area contributed by atoms with Gasteiger partial charge in [-0.25, -0.2) is 8.78 Å². The van der Waals surface area contributed by atoms with Crippen LogP contribution in [0.1, 0.15) is 12.8 Å². The molecule has 4 rings (SSSR count). The zero-order valence-electron chi connectivity index (χ0n) is 14.9. The summed E-state index contributed by atoms with van der Waals surface area (Å²) in [5.41, 5.74) is 7.34. The van der Waals surface area contributed by atoms with Gasteiger partial charge in [0.25, 0.3) is 5.56 Å². The van der Waals surface area contributed by atoms with Gasteiger partial charge in [-0.3, -0.25) is 4.79 Å². The van der Waals surface area contributed by atoms with E-state index in [0.717, 1.165) is 42.7 Å². The van der Waals surface area contributed by atoms with Gasteiger partial charge in [-0.2, -0.15) is 9.78 Å². The number of hydrogen-bond donors (Lipinski definition) is 2.